The van der Waals surface area contributed by atoms with Crippen molar-refractivity contribution in [3.63, 3.8) is 0 Å². The number of hydrogen-bond acceptors (Lipinski definition) is 33. The van der Waals surface area contributed by atoms with Crippen molar-refractivity contribution in [2.75, 3.05) is 41.8 Å². The van der Waals surface area contributed by atoms with Crippen molar-refractivity contribution in [3.8, 4) is 11.5 Å². The summed E-state index contributed by atoms with van der Waals surface area (Å²) >= 11 is 0. The van der Waals surface area contributed by atoms with Crippen LogP contribution in [-0.4, -0.2) is 119 Å². The molecule has 0 unspecified atom stereocenters. The number of ether oxygens (including phenoxy) is 1. The minimum absolute atomic E-state index is 0. The first-order valence-electron chi connectivity index (χ1n) is 25.3. The number of fused-ring (bicyclic) bond motifs is 2. The van der Waals surface area contributed by atoms with Gasteiger partial charge in [-0.15, -0.1) is 20.5 Å². The molecule has 10 rings (SSSR count). The third-order valence-electron chi connectivity index (χ3n) is 12.8. The smallest absolute Gasteiger partial charge is 0.871 e. The predicted molar refractivity (Wildman–Crippen MR) is 310 cm³/mol. The summed E-state index contributed by atoms with van der Waals surface area (Å²) < 4.78 is 219. The molecule has 47 heteroatoms. The van der Waals surface area contributed by atoms with Gasteiger partial charge in [0.1, 0.15) is 61.6 Å². The van der Waals surface area contributed by atoms with Crippen molar-refractivity contribution in [3.05, 3.63) is 133 Å². The van der Waals surface area contributed by atoms with Gasteiger partial charge in [0, 0.05) is 24.5 Å². The van der Waals surface area contributed by atoms with Gasteiger partial charge in [-0.3, -0.25) is 9.11 Å². The van der Waals surface area contributed by atoms with E-state index in [2.05, 4.69) is 66.5 Å². The molecule has 476 valence electrons. The maximum absolute atomic E-state index is 14.0. The molecular formula is C51H34N14Na6O21S6. The Bertz CT molecular complexity index is 5070. The number of hydrogen-bond donors (Lipinski definition) is 4. The van der Waals surface area contributed by atoms with Crippen LogP contribution in [0.3, 0.4) is 0 Å². The first kappa shape index (κ1) is 86.5. The number of morpholine rings is 1. The molecule has 2 heterocycles. The largest absolute Gasteiger partial charge is 1.00 e. The number of nitrogens with zero attached hydrogens (tertiary/aromatic N) is 12. The summed E-state index contributed by atoms with van der Waals surface area (Å²) in [5.74, 6) is -2.59. The maximum atomic E-state index is 14.0. The van der Waals surface area contributed by atoms with Gasteiger partial charge in [-0.25, -0.2) is 33.7 Å². The topological polar surface area (TPSA) is 558 Å². The maximum Gasteiger partial charge on any atom is 1.00 e. The minimum atomic E-state index is -5.41. The van der Waals surface area contributed by atoms with Crippen molar-refractivity contribution in [2.45, 2.75) is 29.4 Å². The van der Waals surface area contributed by atoms with Crippen LogP contribution in [0.2, 0.25) is 0 Å². The van der Waals surface area contributed by atoms with Crippen LogP contribution in [0.1, 0.15) is 0 Å². The van der Waals surface area contributed by atoms with Gasteiger partial charge >= 0.3 is 177 Å². The number of azo groups is 4. The van der Waals surface area contributed by atoms with Crippen LogP contribution in [0.4, 0.5) is 74.7 Å². The summed E-state index contributed by atoms with van der Waals surface area (Å²) in [4.78, 5) is 9.73. The molecule has 0 saturated carbocycles. The zero-order chi connectivity index (χ0) is 66.3. The Morgan fingerprint density at radius 1 is 0.398 bits per heavy atom. The van der Waals surface area contributed by atoms with Crippen LogP contribution < -0.4 is 203 Å². The van der Waals surface area contributed by atoms with Gasteiger partial charge in [-0.2, -0.15) is 52.2 Å². The monoisotopic (exact) mass is 1510 g/mol. The first-order valence-corrected chi connectivity index (χ1v) is 33.8. The molecule has 0 bridgehead atoms. The fraction of sp³-hybridized carbons (Fsp3) is 0.0784. The molecule has 0 amide bonds. The van der Waals surface area contributed by atoms with Crippen molar-refractivity contribution >= 4 is 157 Å². The van der Waals surface area contributed by atoms with Crippen molar-refractivity contribution in [1.82, 2.24) is 15.0 Å². The molecule has 98 heavy (non-hydrogen) atoms. The Labute approximate surface area is 689 Å². The van der Waals surface area contributed by atoms with E-state index in [1.54, 1.807) is 4.90 Å². The second kappa shape index (κ2) is 35.1. The zero-order valence-corrected chi connectivity index (χ0v) is 68.4. The van der Waals surface area contributed by atoms with Crippen LogP contribution >= 0.6 is 0 Å². The molecule has 1 aliphatic rings. The van der Waals surface area contributed by atoms with Gasteiger partial charge < -0.3 is 48.7 Å². The number of rotatable bonds is 19. The van der Waals surface area contributed by atoms with Gasteiger partial charge in [0.05, 0.1) is 66.9 Å². The van der Waals surface area contributed by atoms with E-state index in [0.29, 0.717) is 13.1 Å². The third kappa shape index (κ3) is 21.6. The van der Waals surface area contributed by atoms with Crippen LogP contribution in [0.15, 0.2) is 204 Å². The van der Waals surface area contributed by atoms with E-state index >= 15 is 0 Å². The Kier molecular flexibility index (Phi) is 31.0. The van der Waals surface area contributed by atoms with Gasteiger partial charge in [-0.05, 0) is 143 Å². The second-order valence-electron chi connectivity index (χ2n) is 19.0. The van der Waals surface area contributed by atoms with Crippen molar-refractivity contribution in [1.29, 1.82) is 0 Å². The SMILES string of the molecule is O=S(=O)([O-])c1ccc(N=Nc2ccc(N=Nc3c(S(=O)(=O)O)cc4cc(Nc5nc(Nc6ccc7c([O-])c(N=Nc8ccc(N=Nc9ccc(S(=O)(=O)[O-])cc9)cc8S(=O)(=O)[O-])c(S(=O)(=O)O)cc7c6)nc(N6CCOCC6)n5)ccc4c3[O-])c(S(=O)(=O)[O-])c2)cc1.[Na+].[Na+].[Na+].[Na+].[Na+].[Na+]. The average molecular weight is 1510 g/mol. The Morgan fingerprint density at radius 3 is 1.08 bits per heavy atom. The molecule has 1 aliphatic heterocycles. The predicted octanol–water partition coefficient (Wildman–Crippen LogP) is -10.6. The molecular weight excluding hydrogens is 1470 g/mol. The Hall–Kier alpha value is -3.89. The number of anilines is 5. The summed E-state index contributed by atoms with van der Waals surface area (Å²) in [5.41, 5.74) is -3.71. The summed E-state index contributed by atoms with van der Waals surface area (Å²) in [6.45, 7) is 1.10. The summed E-state index contributed by atoms with van der Waals surface area (Å²) in [6.07, 6.45) is 0. The molecule has 0 atom stereocenters. The molecule has 9 aromatic rings. The van der Waals surface area contributed by atoms with Gasteiger partial charge in [-0.1, -0.05) is 23.6 Å². The van der Waals surface area contributed by atoms with Crippen LogP contribution in [0.25, 0.3) is 21.5 Å². The molecule has 4 N–H and O–H groups in total. The molecule has 1 saturated heterocycles. The molecule has 8 aromatic carbocycles. The van der Waals surface area contributed by atoms with Crippen molar-refractivity contribution in [2.24, 2.45) is 40.9 Å². The Morgan fingerprint density at radius 2 is 0.745 bits per heavy atom. The van der Waals surface area contributed by atoms with E-state index in [1.807, 2.05) is 0 Å². The van der Waals surface area contributed by atoms with E-state index in [0.717, 1.165) is 97.1 Å². The van der Waals surface area contributed by atoms with E-state index in [4.69, 9.17) is 4.74 Å². The number of aromatic nitrogens is 3. The average Bonchev–Trinajstić information content (AvgIpc) is 0.770. The summed E-state index contributed by atoms with van der Waals surface area (Å²) in [7, 11) is -31.0. The van der Waals surface area contributed by atoms with Crippen LogP contribution in [-0.2, 0) is 65.4 Å². The standard InChI is InChI=1S/C51H40N14O21S6.6Na/c66-47-37-13-5-31(21-27(37)23-43(91(80,81)82)45(47)63-61-39-15-7-33(25-41(39)89(74,75)76)59-57-29-1-9-35(10-2-29)87(68,69)70)52-49-54-50(56-51(55-49)65-17-19-86-20-18-65)53-32-6-14-38-28(22-32)24-44(92(83,84)85)46(48(38)67)64-62-40-16-8-34(26-42(40)90(77,78)79)60-58-30-3-11-36(12-4-30)88(71,72)73;;;;;;/h1-16,21-26,66-67H,17-20H2,(H,68,69,70)(H,71,72,73)(H,74,75,76)(H,77,78,79)(H,80,81,82)(H,83,84,85)(H2,52,53,54,55,56);;;;;;/q;6*+1/p-6. The van der Waals surface area contributed by atoms with Crippen LogP contribution in [0.5, 0.6) is 11.5 Å². The van der Waals surface area contributed by atoms with Gasteiger partial charge in [0.15, 0.2) is 0 Å². The first-order chi connectivity index (χ1) is 43.1. The quantitative estimate of drug-likeness (QED) is 0.0332. The Balaban J connectivity index is 0.00000340. The van der Waals surface area contributed by atoms with E-state index in [9.17, 15) is 88.0 Å². The van der Waals surface area contributed by atoms with E-state index in [1.165, 1.54) is 36.4 Å². The molecule has 0 aliphatic carbocycles. The van der Waals surface area contributed by atoms with Gasteiger partial charge in [0.25, 0.3) is 20.2 Å². The molecule has 0 radical (unpaired) electrons. The van der Waals surface area contributed by atoms with E-state index in [-0.39, 0.29) is 264 Å². The number of nitrogens with one attached hydrogen (secondary N) is 2. The summed E-state index contributed by atoms with van der Waals surface area (Å²) in [5, 5.41) is 63.0. The zero-order valence-electron chi connectivity index (χ0n) is 51.5. The summed E-state index contributed by atoms with van der Waals surface area (Å²) in [6, 6.07) is 23.0. The van der Waals surface area contributed by atoms with E-state index < -0.39 is 124 Å². The third-order valence-corrected chi connectivity index (χ3v) is 18.0. The van der Waals surface area contributed by atoms with Crippen molar-refractivity contribution < 1.29 is 270 Å². The molecule has 35 nitrogen and oxygen atoms in total. The van der Waals surface area contributed by atoms with Crippen LogP contribution in [0, 0.1) is 0 Å². The normalized spacial score (nSPS) is 13.1. The molecule has 1 fully saturated rings. The molecule has 0 spiro atoms. The van der Waals surface area contributed by atoms with Gasteiger partial charge in [0.2, 0.25) is 17.8 Å². The molecule has 1 aromatic heterocycles. The second-order valence-corrected chi connectivity index (χ2v) is 27.2. The fourth-order valence-electron chi connectivity index (χ4n) is 8.55. The number of benzene rings is 8. The minimum Gasteiger partial charge on any atom is -0.871 e. The fourth-order valence-corrected chi connectivity index (χ4v) is 12.1.